The zero-order valence-corrected chi connectivity index (χ0v) is 12.8. The fourth-order valence-corrected chi connectivity index (χ4v) is 2.77. The van der Waals surface area contributed by atoms with E-state index < -0.39 is 0 Å². The maximum atomic E-state index is 5.58. The van der Waals surface area contributed by atoms with Crippen LogP contribution in [0.5, 0.6) is 0 Å². The van der Waals surface area contributed by atoms with E-state index in [-0.39, 0.29) is 0 Å². The number of likely N-dealkylation sites (tertiary alicyclic amines) is 1. The molecule has 20 heavy (non-hydrogen) atoms. The summed E-state index contributed by atoms with van der Waals surface area (Å²) in [5, 5.41) is 3.63. The molecule has 0 saturated carbocycles. The van der Waals surface area contributed by atoms with E-state index in [9.17, 15) is 0 Å². The molecule has 2 rings (SSSR count). The van der Waals surface area contributed by atoms with E-state index in [1.165, 1.54) is 24.9 Å². The van der Waals surface area contributed by atoms with Crippen LogP contribution in [0.15, 0.2) is 30.3 Å². The third-order valence-electron chi connectivity index (χ3n) is 3.74. The third kappa shape index (κ3) is 5.61. The molecule has 3 nitrogen and oxygen atoms in total. The predicted octanol–water partition coefficient (Wildman–Crippen LogP) is 2.67. The molecule has 1 saturated heterocycles. The van der Waals surface area contributed by atoms with Crippen LogP contribution in [0.2, 0.25) is 0 Å². The summed E-state index contributed by atoms with van der Waals surface area (Å²) in [6, 6.07) is 11.4. The van der Waals surface area contributed by atoms with Gasteiger partial charge in [-0.1, -0.05) is 30.3 Å². The van der Waals surface area contributed by atoms with Crippen molar-refractivity contribution < 1.29 is 4.74 Å². The molecule has 1 unspecified atom stereocenters. The Morgan fingerprint density at radius 3 is 2.85 bits per heavy atom. The molecule has 0 radical (unpaired) electrons. The van der Waals surface area contributed by atoms with Crippen molar-refractivity contribution in [3.05, 3.63) is 35.9 Å². The smallest absolute Gasteiger partial charge is 0.0594 e. The molecular formula is C17H28N2O. The van der Waals surface area contributed by atoms with Crippen molar-refractivity contribution in [2.75, 3.05) is 26.2 Å². The van der Waals surface area contributed by atoms with Crippen molar-refractivity contribution in [3.8, 4) is 0 Å². The van der Waals surface area contributed by atoms with E-state index in [4.69, 9.17) is 4.74 Å². The molecule has 1 aliphatic heterocycles. The number of ether oxygens (including phenoxy) is 1. The second-order valence-electron chi connectivity index (χ2n) is 5.93. The van der Waals surface area contributed by atoms with E-state index in [0.717, 1.165) is 26.2 Å². The normalized spacial score (nSPS) is 20.4. The van der Waals surface area contributed by atoms with Crippen LogP contribution in [0.3, 0.4) is 0 Å². The minimum absolute atomic E-state index is 0.331. The van der Waals surface area contributed by atoms with Gasteiger partial charge in [-0.15, -0.1) is 0 Å². The van der Waals surface area contributed by atoms with Crippen molar-refractivity contribution in [1.29, 1.82) is 0 Å². The number of rotatable bonds is 7. The summed E-state index contributed by atoms with van der Waals surface area (Å²) in [5.74, 6) is 0. The van der Waals surface area contributed by atoms with Crippen LogP contribution in [0.4, 0.5) is 0 Å². The number of benzene rings is 1. The number of hydrogen-bond acceptors (Lipinski definition) is 3. The predicted molar refractivity (Wildman–Crippen MR) is 83.8 cm³/mol. The Bertz CT molecular complexity index is 367. The van der Waals surface area contributed by atoms with Crippen LogP contribution in [0.1, 0.15) is 32.3 Å². The first-order chi connectivity index (χ1) is 9.74. The van der Waals surface area contributed by atoms with Crippen LogP contribution in [0, 0.1) is 0 Å². The van der Waals surface area contributed by atoms with Crippen molar-refractivity contribution >= 4 is 0 Å². The largest absolute Gasteiger partial charge is 0.377 e. The zero-order chi connectivity index (χ0) is 14.2. The maximum absolute atomic E-state index is 5.58. The molecule has 1 fully saturated rings. The summed E-state index contributed by atoms with van der Waals surface area (Å²) in [4.78, 5) is 2.56. The average Bonchev–Trinajstić information content (AvgIpc) is 2.45. The Balaban J connectivity index is 1.69. The van der Waals surface area contributed by atoms with Gasteiger partial charge >= 0.3 is 0 Å². The van der Waals surface area contributed by atoms with Crippen molar-refractivity contribution in [1.82, 2.24) is 10.2 Å². The number of piperidine rings is 1. The molecule has 0 bridgehead atoms. The number of hydrogen-bond donors (Lipinski definition) is 1. The Kier molecular flexibility index (Phi) is 6.51. The number of nitrogens with one attached hydrogen (secondary N) is 1. The highest BCUT2D eigenvalue weighted by atomic mass is 16.5. The summed E-state index contributed by atoms with van der Waals surface area (Å²) in [6.07, 6.45) is 2.90. The Labute approximate surface area is 123 Å². The molecule has 1 aromatic rings. The molecule has 3 heteroatoms. The van der Waals surface area contributed by atoms with Gasteiger partial charge in [-0.05, 0) is 38.8 Å². The molecule has 1 aliphatic rings. The van der Waals surface area contributed by atoms with Gasteiger partial charge in [0.25, 0.3) is 0 Å². The topological polar surface area (TPSA) is 24.5 Å². The molecule has 0 amide bonds. The average molecular weight is 276 g/mol. The SMILES string of the molecule is CC(C)OCCNC1CCCN(Cc2ccccc2)C1. The van der Waals surface area contributed by atoms with E-state index in [1.807, 2.05) is 0 Å². The highest BCUT2D eigenvalue weighted by Gasteiger charge is 2.19. The first kappa shape index (κ1) is 15.5. The quantitative estimate of drug-likeness (QED) is 0.775. The highest BCUT2D eigenvalue weighted by Crippen LogP contribution is 2.13. The molecule has 1 aromatic carbocycles. The first-order valence-corrected chi connectivity index (χ1v) is 7.85. The van der Waals surface area contributed by atoms with Gasteiger partial charge in [0.15, 0.2) is 0 Å². The van der Waals surface area contributed by atoms with Gasteiger partial charge in [-0.2, -0.15) is 0 Å². The van der Waals surface area contributed by atoms with Gasteiger partial charge in [-0.3, -0.25) is 4.90 Å². The molecule has 0 aromatic heterocycles. The van der Waals surface area contributed by atoms with Crippen LogP contribution in [-0.4, -0.2) is 43.3 Å². The zero-order valence-electron chi connectivity index (χ0n) is 12.8. The van der Waals surface area contributed by atoms with Gasteiger partial charge in [-0.25, -0.2) is 0 Å². The third-order valence-corrected chi connectivity index (χ3v) is 3.74. The van der Waals surface area contributed by atoms with Crippen molar-refractivity contribution in [3.63, 3.8) is 0 Å². The van der Waals surface area contributed by atoms with E-state index in [2.05, 4.69) is 54.4 Å². The van der Waals surface area contributed by atoms with Crippen LogP contribution >= 0.6 is 0 Å². The molecule has 112 valence electrons. The molecule has 0 spiro atoms. The Morgan fingerprint density at radius 2 is 2.10 bits per heavy atom. The lowest BCUT2D eigenvalue weighted by Gasteiger charge is -2.33. The number of nitrogens with zero attached hydrogens (tertiary/aromatic N) is 1. The van der Waals surface area contributed by atoms with Gasteiger partial charge in [0.2, 0.25) is 0 Å². The molecule has 1 heterocycles. The Hall–Kier alpha value is -0.900. The molecule has 0 aliphatic carbocycles. The van der Waals surface area contributed by atoms with Crippen LogP contribution in [-0.2, 0) is 11.3 Å². The monoisotopic (exact) mass is 276 g/mol. The summed E-state index contributed by atoms with van der Waals surface area (Å²) in [6.45, 7) is 9.38. The van der Waals surface area contributed by atoms with E-state index in [1.54, 1.807) is 0 Å². The van der Waals surface area contributed by atoms with Gasteiger partial charge < -0.3 is 10.1 Å². The van der Waals surface area contributed by atoms with Gasteiger partial charge in [0.1, 0.15) is 0 Å². The summed E-state index contributed by atoms with van der Waals surface area (Å²) in [7, 11) is 0. The fraction of sp³-hybridized carbons (Fsp3) is 0.647. The Morgan fingerprint density at radius 1 is 1.30 bits per heavy atom. The lowest BCUT2D eigenvalue weighted by atomic mass is 10.0. The second kappa shape index (κ2) is 8.40. The standard InChI is InChI=1S/C17H28N2O/c1-15(2)20-12-10-18-17-9-6-11-19(14-17)13-16-7-4-3-5-8-16/h3-5,7-8,15,17-18H,6,9-14H2,1-2H3. The highest BCUT2D eigenvalue weighted by molar-refractivity contribution is 5.14. The van der Waals surface area contributed by atoms with Crippen LogP contribution < -0.4 is 5.32 Å². The molecular weight excluding hydrogens is 248 g/mol. The van der Waals surface area contributed by atoms with E-state index in [0.29, 0.717) is 12.1 Å². The van der Waals surface area contributed by atoms with E-state index >= 15 is 0 Å². The summed E-state index contributed by atoms with van der Waals surface area (Å²) >= 11 is 0. The molecule has 1 atom stereocenters. The lowest BCUT2D eigenvalue weighted by Crippen LogP contribution is -2.46. The maximum Gasteiger partial charge on any atom is 0.0594 e. The van der Waals surface area contributed by atoms with Crippen molar-refractivity contribution in [2.45, 2.75) is 45.4 Å². The fourth-order valence-electron chi connectivity index (χ4n) is 2.77. The van der Waals surface area contributed by atoms with Gasteiger partial charge in [0, 0.05) is 25.7 Å². The minimum atomic E-state index is 0.331. The van der Waals surface area contributed by atoms with Gasteiger partial charge in [0.05, 0.1) is 12.7 Å². The second-order valence-corrected chi connectivity index (χ2v) is 5.93. The van der Waals surface area contributed by atoms with Crippen LogP contribution in [0.25, 0.3) is 0 Å². The summed E-state index contributed by atoms with van der Waals surface area (Å²) in [5.41, 5.74) is 1.41. The molecule has 1 N–H and O–H groups in total. The first-order valence-electron chi connectivity index (χ1n) is 7.85. The lowest BCUT2D eigenvalue weighted by molar-refractivity contribution is 0.0762. The minimum Gasteiger partial charge on any atom is -0.377 e. The summed E-state index contributed by atoms with van der Waals surface area (Å²) < 4.78 is 5.58. The van der Waals surface area contributed by atoms with Crippen molar-refractivity contribution in [2.24, 2.45) is 0 Å².